The number of ether oxygens (including phenoxy) is 1. The Labute approximate surface area is 125 Å². The predicted molar refractivity (Wildman–Crippen MR) is 80.9 cm³/mol. The lowest BCUT2D eigenvalue weighted by Gasteiger charge is -2.27. The summed E-state index contributed by atoms with van der Waals surface area (Å²) in [4.78, 5) is 1.02. The van der Waals surface area contributed by atoms with Crippen molar-refractivity contribution >= 4 is 27.3 Å². The number of halogens is 1. The average Bonchev–Trinajstić information content (AvgIpc) is 2.85. The monoisotopic (exact) mass is 338 g/mol. The third-order valence-electron chi connectivity index (χ3n) is 3.54. The number of aliphatic hydroxyl groups is 1. The largest absolute Gasteiger partial charge is 0.493 e. The molecule has 0 aliphatic carbocycles. The van der Waals surface area contributed by atoms with Crippen molar-refractivity contribution in [3.8, 4) is 5.75 Å². The number of benzene rings is 1. The molecule has 1 aromatic carbocycles. The maximum atomic E-state index is 10.4. The lowest BCUT2D eigenvalue weighted by Crippen LogP contribution is -2.16. The maximum absolute atomic E-state index is 10.4. The van der Waals surface area contributed by atoms with Gasteiger partial charge in [0, 0.05) is 9.35 Å². The molecular formula is C15H15BrO2S. The molecule has 0 fully saturated rings. The number of hydrogen-bond acceptors (Lipinski definition) is 3. The fourth-order valence-corrected chi connectivity index (χ4v) is 4.22. The van der Waals surface area contributed by atoms with Gasteiger partial charge in [0.1, 0.15) is 5.75 Å². The summed E-state index contributed by atoms with van der Waals surface area (Å²) in [6, 6.07) is 10.1. The first-order valence-corrected chi connectivity index (χ1v) is 8.05. The molecule has 4 heteroatoms. The van der Waals surface area contributed by atoms with Gasteiger partial charge in [-0.2, -0.15) is 0 Å². The molecule has 2 heterocycles. The van der Waals surface area contributed by atoms with Gasteiger partial charge in [-0.3, -0.25) is 0 Å². The molecule has 1 aliphatic heterocycles. The van der Waals surface area contributed by atoms with Crippen LogP contribution in [-0.2, 0) is 0 Å². The van der Waals surface area contributed by atoms with Crippen LogP contribution in [-0.4, -0.2) is 11.7 Å². The summed E-state index contributed by atoms with van der Waals surface area (Å²) in [5.74, 6) is 1.34. The van der Waals surface area contributed by atoms with Crippen LogP contribution in [0.25, 0.3) is 0 Å². The first-order chi connectivity index (χ1) is 9.25. The quantitative estimate of drug-likeness (QED) is 0.892. The van der Waals surface area contributed by atoms with E-state index < -0.39 is 6.10 Å². The van der Waals surface area contributed by atoms with Crippen molar-refractivity contribution in [3.63, 3.8) is 0 Å². The van der Waals surface area contributed by atoms with E-state index in [0.717, 1.165) is 34.5 Å². The Hall–Kier alpha value is -0.840. The first-order valence-electron chi connectivity index (χ1n) is 6.38. The summed E-state index contributed by atoms with van der Waals surface area (Å²) in [6.07, 6.45) is 1.31. The van der Waals surface area contributed by atoms with Crippen molar-refractivity contribution in [1.29, 1.82) is 0 Å². The minimum Gasteiger partial charge on any atom is -0.493 e. The van der Waals surface area contributed by atoms with Gasteiger partial charge in [0.2, 0.25) is 0 Å². The fraction of sp³-hybridized carbons (Fsp3) is 0.333. The Kier molecular flexibility index (Phi) is 3.91. The first kappa shape index (κ1) is 13.2. The summed E-state index contributed by atoms with van der Waals surface area (Å²) in [7, 11) is 0. The summed E-state index contributed by atoms with van der Waals surface area (Å²) < 4.78 is 6.67. The van der Waals surface area contributed by atoms with E-state index in [1.54, 1.807) is 11.3 Å². The molecule has 1 N–H and O–H groups in total. The van der Waals surface area contributed by atoms with E-state index in [2.05, 4.69) is 22.0 Å². The molecule has 2 nitrogen and oxygen atoms in total. The van der Waals surface area contributed by atoms with Crippen molar-refractivity contribution in [2.75, 3.05) is 6.61 Å². The van der Waals surface area contributed by atoms with E-state index in [1.807, 2.05) is 29.6 Å². The van der Waals surface area contributed by atoms with Crippen LogP contribution in [0.4, 0.5) is 0 Å². The van der Waals surface area contributed by atoms with Gasteiger partial charge in [0.05, 0.1) is 12.7 Å². The molecule has 2 atom stereocenters. The van der Waals surface area contributed by atoms with Gasteiger partial charge in [-0.25, -0.2) is 0 Å². The Balaban J connectivity index is 1.80. The molecule has 1 aromatic heterocycles. The average molecular weight is 339 g/mol. The number of rotatable bonds is 3. The molecule has 2 aromatic rings. The van der Waals surface area contributed by atoms with Gasteiger partial charge in [0.25, 0.3) is 0 Å². The smallest absolute Gasteiger partial charge is 0.122 e. The van der Waals surface area contributed by atoms with E-state index in [4.69, 9.17) is 4.74 Å². The molecule has 19 heavy (non-hydrogen) atoms. The fourth-order valence-electron chi connectivity index (χ4n) is 2.58. The van der Waals surface area contributed by atoms with Crippen LogP contribution in [0.2, 0.25) is 0 Å². The molecule has 0 radical (unpaired) electrons. The number of thiophene rings is 1. The van der Waals surface area contributed by atoms with E-state index in [1.165, 1.54) is 5.56 Å². The van der Waals surface area contributed by atoms with E-state index in [9.17, 15) is 5.11 Å². The zero-order valence-electron chi connectivity index (χ0n) is 10.4. The molecule has 0 bridgehead atoms. The molecule has 3 rings (SSSR count). The van der Waals surface area contributed by atoms with Gasteiger partial charge < -0.3 is 9.84 Å². The van der Waals surface area contributed by atoms with Gasteiger partial charge in [0.15, 0.2) is 0 Å². The van der Waals surface area contributed by atoms with E-state index in [0.29, 0.717) is 5.92 Å². The number of hydrogen-bond donors (Lipinski definition) is 1. The molecule has 0 saturated carbocycles. The third kappa shape index (κ3) is 2.71. The van der Waals surface area contributed by atoms with E-state index in [-0.39, 0.29) is 0 Å². The van der Waals surface area contributed by atoms with Crippen LogP contribution in [0.3, 0.4) is 0 Å². The summed E-state index contributed by atoms with van der Waals surface area (Å²) in [5.41, 5.74) is 1.22. The van der Waals surface area contributed by atoms with Crippen LogP contribution in [0.5, 0.6) is 5.75 Å². The Bertz CT molecular complexity index is 567. The molecular weight excluding hydrogens is 324 g/mol. The van der Waals surface area contributed by atoms with Gasteiger partial charge >= 0.3 is 0 Å². The second-order valence-electron chi connectivity index (χ2n) is 4.76. The van der Waals surface area contributed by atoms with Crippen molar-refractivity contribution in [2.45, 2.75) is 24.9 Å². The number of para-hydroxylation sites is 1. The minimum atomic E-state index is -0.412. The SMILES string of the molecule is OC(CC1CCOc2ccccc21)c1sccc1Br. The maximum Gasteiger partial charge on any atom is 0.122 e. The zero-order valence-corrected chi connectivity index (χ0v) is 12.8. The predicted octanol–water partition coefficient (Wildman–Crippen LogP) is 4.50. The molecule has 0 amide bonds. The summed E-state index contributed by atoms with van der Waals surface area (Å²) >= 11 is 5.09. The van der Waals surface area contributed by atoms with E-state index >= 15 is 0 Å². The lowest BCUT2D eigenvalue weighted by atomic mass is 9.88. The number of fused-ring (bicyclic) bond motifs is 1. The highest BCUT2D eigenvalue weighted by Crippen LogP contribution is 2.41. The minimum absolute atomic E-state index is 0.369. The second kappa shape index (κ2) is 5.65. The van der Waals surface area contributed by atoms with Crippen LogP contribution in [0.15, 0.2) is 40.2 Å². The van der Waals surface area contributed by atoms with Crippen LogP contribution >= 0.6 is 27.3 Å². The highest BCUT2D eigenvalue weighted by Gasteiger charge is 2.25. The van der Waals surface area contributed by atoms with Gasteiger partial charge in [-0.15, -0.1) is 11.3 Å². The highest BCUT2D eigenvalue weighted by molar-refractivity contribution is 9.10. The van der Waals surface area contributed by atoms with Crippen molar-refractivity contribution in [2.24, 2.45) is 0 Å². The molecule has 100 valence electrons. The lowest BCUT2D eigenvalue weighted by molar-refractivity contribution is 0.147. The topological polar surface area (TPSA) is 29.5 Å². The summed E-state index contributed by atoms with van der Waals surface area (Å²) in [5, 5.41) is 12.4. The summed E-state index contributed by atoms with van der Waals surface area (Å²) in [6.45, 7) is 0.736. The number of aliphatic hydroxyl groups excluding tert-OH is 1. The Morgan fingerprint density at radius 3 is 3.00 bits per heavy atom. The van der Waals surface area contributed by atoms with Gasteiger partial charge in [-0.1, -0.05) is 18.2 Å². The Morgan fingerprint density at radius 1 is 1.37 bits per heavy atom. The van der Waals surface area contributed by atoms with Crippen molar-refractivity contribution in [3.05, 3.63) is 50.6 Å². The molecule has 0 saturated heterocycles. The molecule has 2 unspecified atom stereocenters. The zero-order chi connectivity index (χ0) is 13.2. The standard InChI is InChI=1S/C15H15BrO2S/c16-12-6-8-19-15(12)13(17)9-10-5-7-18-14-4-2-1-3-11(10)14/h1-4,6,8,10,13,17H,5,7,9H2. The van der Waals surface area contributed by atoms with Crippen molar-refractivity contribution < 1.29 is 9.84 Å². The normalized spacial score (nSPS) is 19.6. The Morgan fingerprint density at radius 2 is 2.21 bits per heavy atom. The van der Waals surface area contributed by atoms with Crippen LogP contribution in [0, 0.1) is 0 Å². The molecule has 1 aliphatic rings. The van der Waals surface area contributed by atoms with Gasteiger partial charge in [-0.05, 0) is 57.8 Å². The van der Waals surface area contributed by atoms with Crippen molar-refractivity contribution in [1.82, 2.24) is 0 Å². The molecule has 0 spiro atoms. The second-order valence-corrected chi connectivity index (χ2v) is 6.56. The van der Waals surface area contributed by atoms with Crippen LogP contribution < -0.4 is 4.74 Å². The third-order valence-corrected chi connectivity index (χ3v) is 5.51. The highest BCUT2D eigenvalue weighted by atomic mass is 79.9. The van der Waals surface area contributed by atoms with Crippen LogP contribution in [0.1, 0.15) is 35.3 Å².